The number of nitrogens with one attached hydrogen (secondary N) is 1. The predicted octanol–water partition coefficient (Wildman–Crippen LogP) is 4.52. The van der Waals surface area contributed by atoms with Crippen molar-refractivity contribution in [2.75, 3.05) is 6.54 Å². The van der Waals surface area contributed by atoms with Crippen LogP contribution in [0.3, 0.4) is 0 Å². The molecular formula is C17H16ClFN2. The molecule has 0 saturated carbocycles. The zero-order chi connectivity index (χ0) is 15.2. The molecule has 0 unspecified atom stereocenters. The van der Waals surface area contributed by atoms with Gasteiger partial charge in [-0.2, -0.15) is 5.26 Å². The molecule has 0 heterocycles. The topological polar surface area (TPSA) is 35.8 Å². The van der Waals surface area contributed by atoms with Crippen LogP contribution in [0.15, 0.2) is 36.4 Å². The van der Waals surface area contributed by atoms with Crippen molar-refractivity contribution in [2.45, 2.75) is 19.9 Å². The van der Waals surface area contributed by atoms with E-state index in [9.17, 15) is 4.39 Å². The van der Waals surface area contributed by atoms with Crippen molar-refractivity contribution in [1.29, 1.82) is 5.26 Å². The number of hydrogen-bond acceptors (Lipinski definition) is 2. The maximum absolute atomic E-state index is 13.5. The summed E-state index contributed by atoms with van der Waals surface area (Å²) < 4.78 is 13.5. The molecule has 4 heteroatoms. The molecule has 21 heavy (non-hydrogen) atoms. The first kappa shape index (κ1) is 15.5. The minimum absolute atomic E-state index is 0.311. The number of halogens is 2. The van der Waals surface area contributed by atoms with Crippen LogP contribution in [0.2, 0.25) is 5.02 Å². The Balaban J connectivity index is 2.34. The summed E-state index contributed by atoms with van der Waals surface area (Å²) in [4.78, 5) is 0. The van der Waals surface area contributed by atoms with Gasteiger partial charge in [-0.25, -0.2) is 4.39 Å². The summed E-state index contributed by atoms with van der Waals surface area (Å²) in [5.41, 5.74) is 2.81. The van der Waals surface area contributed by atoms with Crippen LogP contribution < -0.4 is 5.32 Å². The van der Waals surface area contributed by atoms with Gasteiger partial charge in [0.25, 0.3) is 0 Å². The molecule has 0 aliphatic carbocycles. The molecule has 0 saturated heterocycles. The van der Waals surface area contributed by atoms with E-state index >= 15 is 0 Å². The first-order chi connectivity index (χ1) is 10.1. The van der Waals surface area contributed by atoms with E-state index in [4.69, 9.17) is 16.9 Å². The van der Waals surface area contributed by atoms with E-state index < -0.39 is 5.82 Å². The fourth-order valence-corrected chi connectivity index (χ4v) is 2.29. The average molecular weight is 303 g/mol. The first-order valence-electron chi connectivity index (χ1n) is 6.84. The minimum atomic E-state index is -0.412. The highest BCUT2D eigenvalue weighted by molar-refractivity contribution is 6.31. The molecule has 2 nitrogen and oxygen atoms in total. The van der Waals surface area contributed by atoms with Crippen LogP contribution in [0.4, 0.5) is 4.39 Å². The third-order valence-corrected chi connectivity index (χ3v) is 3.52. The summed E-state index contributed by atoms with van der Waals surface area (Å²) >= 11 is 6.19. The second-order valence-electron chi connectivity index (χ2n) is 4.82. The van der Waals surface area contributed by atoms with Gasteiger partial charge in [-0.05, 0) is 60.0 Å². The molecule has 2 aromatic carbocycles. The lowest BCUT2D eigenvalue weighted by Gasteiger charge is -2.09. The lowest BCUT2D eigenvalue weighted by molar-refractivity contribution is 0.628. The van der Waals surface area contributed by atoms with Crippen molar-refractivity contribution in [3.63, 3.8) is 0 Å². The molecule has 0 amide bonds. The van der Waals surface area contributed by atoms with Crippen LogP contribution in [-0.4, -0.2) is 6.54 Å². The summed E-state index contributed by atoms with van der Waals surface area (Å²) in [5.74, 6) is -0.412. The molecule has 0 bridgehead atoms. The second kappa shape index (κ2) is 7.21. The summed E-state index contributed by atoms with van der Waals surface area (Å²) in [6.07, 6.45) is 1.05. The Morgan fingerprint density at radius 1 is 1.19 bits per heavy atom. The van der Waals surface area contributed by atoms with E-state index in [-0.39, 0.29) is 0 Å². The molecule has 0 atom stereocenters. The summed E-state index contributed by atoms with van der Waals surface area (Å²) in [6, 6.07) is 11.9. The molecule has 2 rings (SSSR count). The Kier molecular flexibility index (Phi) is 5.32. The summed E-state index contributed by atoms with van der Waals surface area (Å²) in [6.45, 7) is 3.68. The van der Waals surface area contributed by atoms with Gasteiger partial charge in [0, 0.05) is 11.6 Å². The van der Waals surface area contributed by atoms with Gasteiger partial charge in [0.1, 0.15) is 5.82 Å². The van der Waals surface area contributed by atoms with Gasteiger partial charge in [0.15, 0.2) is 0 Å². The monoisotopic (exact) mass is 302 g/mol. The molecule has 0 aliphatic heterocycles. The van der Waals surface area contributed by atoms with Crippen molar-refractivity contribution in [3.8, 4) is 17.2 Å². The largest absolute Gasteiger partial charge is 0.313 e. The lowest BCUT2D eigenvalue weighted by Crippen LogP contribution is -2.14. The van der Waals surface area contributed by atoms with Gasteiger partial charge >= 0.3 is 0 Å². The van der Waals surface area contributed by atoms with Gasteiger partial charge in [-0.3, -0.25) is 0 Å². The molecule has 0 aliphatic rings. The van der Waals surface area contributed by atoms with E-state index in [1.54, 1.807) is 12.1 Å². The molecule has 2 aromatic rings. The smallest absolute Gasteiger partial charge is 0.125 e. The van der Waals surface area contributed by atoms with Crippen LogP contribution in [-0.2, 0) is 6.54 Å². The molecule has 0 radical (unpaired) electrons. The van der Waals surface area contributed by atoms with Crippen molar-refractivity contribution >= 4 is 11.6 Å². The van der Waals surface area contributed by atoms with Crippen molar-refractivity contribution in [1.82, 2.24) is 5.32 Å². The van der Waals surface area contributed by atoms with Crippen LogP contribution in [0, 0.1) is 17.1 Å². The average Bonchev–Trinajstić information content (AvgIpc) is 2.48. The molecule has 0 aromatic heterocycles. The van der Waals surface area contributed by atoms with Crippen molar-refractivity contribution in [3.05, 3.63) is 58.4 Å². The molecule has 0 spiro atoms. The second-order valence-corrected chi connectivity index (χ2v) is 5.23. The molecule has 0 fully saturated rings. The maximum atomic E-state index is 13.5. The maximum Gasteiger partial charge on any atom is 0.125 e. The van der Waals surface area contributed by atoms with Crippen LogP contribution >= 0.6 is 11.6 Å². The Morgan fingerprint density at radius 2 is 2.00 bits per heavy atom. The third kappa shape index (κ3) is 4.04. The third-order valence-electron chi connectivity index (χ3n) is 3.15. The minimum Gasteiger partial charge on any atom is -0.313 e. The van der Waals surface area contributed by atoms with E-state index in [0.29, 0.717) is 22.7 Å². The van der Waals surface area contributed by atoms with E-state index in [0.717, 1.165) is 24.1 Å². The number of nitrogens with zero attached hydrogens (tertiary/aromatic N) is 1. The normalized spacial score (nSPS) is 10.4. The van der Waals surface area contributed by atoms with Gasteiger partial charge in [-0.1, -0.05) is 24.6 Å². The molecule has 1 N–H and O–H groups in total. The molecular weight excluding hydrogens is 287 g/mol. The Morgan fingerprint density at radius 3 is 2.71 bits per heavy atom. The van der Waals surface area contributed by atoms with E-state index in [1.807, 2.05) is 18.2 Å². The van der Waals surface area contributed by atoms with Gasteiger partial charge in [0.2, 0.25) is 0 Å². The predicted molar refractivity (Wildman–Crippen MR) is 83.6 cm³/mol. The number of hydrogen-bond donors (Lipinski definition) is 1. The Bertz CT molecular complexity index is 677. The van der Waals surface area contributed by atoms with E-state index in [2.05, 4.69) is 12.2 Å². The Labute approximate surface area is 129 Å². The van der Waals surface area contributed by atoms with Crippen molar-refractivity contribution in [2.24, 2.45) is 0 Å². The quantitative estimate of drug-likeness (QED) is 0.824. The number of nitriles is 1. The van der Waals surface area contributed by atoms with Gasteiger partial charge in [0.05, 0.1) is 11.6 Å². The highest BCUT2D eigenvalue weighted by Crippen LogP contribution is 2.26. The zero-order valence-corrected chi connectivity index (χ0v) is 12.5. The standard InChI is InChI=1S/C17H16ClFN2/c1-2-5-21-11-15-8-13(3-4-17(15)18)14-6-12(10-20)7-16(19)9-14/h3-4,6-9,21H,2,5,11H2,1H3. The van der Waals surface area contributed by atoms with Crippen molar-refractivity contribution < 1.29 is 4.39 Å². The lowest BCUT2D eigenvalue weighted by atomic mass is 10.0. The van der Waals surface area contributed by atoms with Crippen LogP contribution in [0.1, 0.15) is 24.5 Å². The zero-order valence-electron chi connectivity index (χ0n) is 11.8. The highest BCUT2D eigenvalue weighted by atomic mass is 35.5. The van der Waals surface area contributed by atoms with Crippen LogP contribution in [0.5, 0.6) is 0 Å². The fourth-order valence-electron chi connectivity index (χ4n) is 2.11. The molecule has 108 valence electrons. The van der Waals surface area contributed by atoms with Gasteiger partial charge in [-0.15, -0.1) is 0 Å². The number of benzene rings is 2. The van der Waals surface area contributed by atoms with Crippen LogP contribution in [0.25, 0.3) is 11.1 Å². The van der Waals surface area contributed by atoms with Gasteiger partial charge < -0.3 is 5.32 Å². The number of rotatable bonds is 5. The Hall–Kier alpha value is -1.89. The first-order valence-corrected chi connectivity index (χ1v) is 7.22. The summed E-state index contributed by atoms with van der Waals surface area (Å²) in [7, 11) is 0. The fraction of sp³-hybridized carbons (Fsp3) is 0.235. The SMILES string of the molecule is CCCNCc1cc(-c2cc(F)cc(C#N)c2)ccc1Cl. The van der Waals surface area contributed by atoms with E-state index in [1.165, 1.54) is 12.1 Å². The highest BCUT2D eigenvalue weighted by Gasteiger charge is 2.07. The summed E-state index contributed by atoms with van der Waals surface area (Å²) in [5, 5.41) is 12.9.